The molecule has 0 unspecified atom stereocenters. The fraction of sp³-hybridized carbons (Fsp3) is 0.700. The summed E-state index contributed by atoms with van der Waals surface area (Å²) in [5, 5.41) is 6.82. The zero-order chi connectivity index (χ0) is 9.73. The lowest BCUT2D eigenvalue weighted by atomic mass is 9.93. The molecule has 13 heavy (non-hydrogen) atoms. The van der Waals surface area contributed by atoms with Crippen molar-refractivity contribution >= 4 is 11.3 Å². The van der Waals surface area contributed by atoms with Crippen LogP contribution in [0.15, 0.2) is 11.6 Å². The van der Waals surface area contributed by atoms with Crippen molar-refractivity contribution in [3.8, 4) is 0 Å². The Labute approximate surface area is 84.4 Å². The highest BCUT2D eigenvalue weighted by atomic mass is 32.1. The van der Waals surface area contributed by atoms with Crippen molar-refractivity contribution < 1.29 is 0 Å². The van der Waals surface area contributed by atoms with Crippen molar-refractivity contribution in [3.05, 3.63) is 16.6 Å². The van der Waals surface area contributed by atoms with Crippen molar-refractivity contribution in [1.82, 2.24) is 10.3 Å². The normalized spacial score (nSPS) is 11.9. The van der Waals surface area contributed by atoms with Crippen LogP contribution in [0.3, 0.4) is 0 Å². The largest absolute Gasteiger partial charge is 0.306 e. The number of aromatic nitrogens is 1. The quantitative estimate of drug-likeness (QED) is 0.787. The van der Waals surface area contributed by atoms with Crippen LogP contribution >= 0.6 is 11.3 Å². The zero-order valence-electron chi connectivity index (χ0n) is 8.63. The molecule has 0 amide bonds. The first-order valence-corrected chi connectivity index (χ1v) is 5.82. The molecule has 0 aromatic carbocycles. The van der Waals surface area contributed by atoms with Gasteiger partial charge in [0, 0.05) is 11.6 Å². The van der Waals surface area contributed by atoms with Crippen LogP contribution in [0.25, 0.3) is 0 Å². The van der Waals surface area contributed by atoms with E-state index in [-0.39, 0.29) is 5.54 Å². The molecule has 1 heterocycles. The van der Waals surface area contributed by atoms with E-state index in [2.05, 4.69) is 31.1 Å². The lowest BCUT2D eigenvalue weighted by Crippen LogP contribution is -2.41. The van der Waals surface area contributed by atoms with Gasteiger partial charge >= 0.3 is 0 Å². The molecule has 0 bridgehead atoms. The van der Waals surface area contributed by atoms with E-state index in [1.807, 2.05) is 11.6 Å². The van der Waals surface area contributed by atoms with Gasteiger partial charge < -0.3 is 5.32 Å². The van der Waals surface area contributed by atoms with Gasteiger partial charge in [-0.3, -0.25) is 0 Å². The van der Waals surface area contributed by atoms with E-state index in [4.69, 9.17) is 0 Å². The third-order valence-electron chi connectivity index (χ3n) is 2.56. The number of hydrogen-bond donors (Lipinski definition) is 1. The zero-order valence-corrected chi connectivity index (χ0v) is 9.45. The summed E-state index contributed by atoms with van der Waals surface area (Å²) in [7, 11) is 0. The van der Waals surface area contributed by atoms with Crippen LogP contribution in [0.1, 0.15) is 38.6 Å². The van der Waals surface area contributed by atoms with Gasteiger partial charge in [-0.15, -0.1) is 11.3 Å². The molecule has 0 saturated heterocycles. The molecule has 0 aliphatic carbocycles. The van der Waals surface area contributed by atoms with Crippen LogP contribution < -0.4 is 5.32 Å². The summed E-state index contributed by atoms with van der Waals surface area (Å²) in [4.78, 5) is 4.41. The minimum atomic E-state index is 0.114. The molecule has 0 aliphatic rings. The second kappa shape index (κ2) is 4.72. The Morgan fingerprint density at radius 2 is 2.08 bits per heavy atom. The smallest absolute Gasteiger partial charge is 0.113 e. The average molecular weight is 198 g/mol. The van der Waals surface area contributed by atoms with Gasteiger partial charge in [0.1, 0.15) is 5.01 Å². The molecule has 2 nitrogen and oxygen atoms in total. The van der Waals surface area contributed by atoms with Crippen LogP contribution in [0.5, 0.6) is 0 Å². The van der Waals surface area contributed by atoms with Gasteiger partial charge in [-0.1, -0.05) is 20.8 Å². The fourth-order valence-corrected chi connectivity index (χ4v) is 2.64. The fourth-order valence-electron chi connectivity index (χ4n) is 1.68. The maximum absolute atomic E-state index is 4.41. The minimum absolute atomic E-state index is 0.114. The number of hydrogen-bond acceptors (Lipinski definition) is 3. The molecule has 3 heteroatoms. The number of nitrogens with one attached hydrogen (secondary N) is 1. The van der Waals surface area contributed by atoms with E-state index in [1.165, 1.54) is 5.01 Å². The average Bonchev–Trinajstić information content (AvgIpc) is 2.68. The Kier molecular flexibility index (Phi) is 3.88. The Morgan fingerprint density at radius 1 is 1.38 bits per heavy atom. The molecule has 0 aliphatic heterocycles. The van der Waals surface area contributed by atoms with Crippen LogP contribution in [0, 0.1) is 0 Å². The van der Waals surface area contributed by atoms with Gasteiger partial charge in [0.05, 0.1) is 5.54 Å². The van der Waals surface area contributed by atoms with Crippen molar-refractivity contribution in [1.29, 1.82) is 0 Å². The van der Waals surface area contributed by atoms with E-state index in [0.29, 0.717) is 0 Å². The summed E-state index contributed by atoms with van der Waals surface area (Å²) in [6.07, 6.45) is 4.09. The summed E-state index contributed by atoms with van der Waals surface area (Å²) in [6.45, 7) is 7.58. The van der Waals surface area contributed by atoms with Crippen molar-refractivity contribution in [2.75, 3.05) is 6.54 Å². The molecule has 0 radical (unpaired) electrons. The Hall–Kier alpha value is -0.410. The van der Waals surface area contributed by atoms with E-state index in [0.717, 1.165) is 19.4 Å². The number of nitrogens with zero attached hydrogens (tertiary/aromatic N) is 1. The second-order valence-electron chi connectivity index (χ2n) is 3.16. The summed E-state index contributed by atoms with van der Waals surface area (Å²) in [5.41, 5.74) is 0.114. The van der Waals surface area contributed by atoms with Gasteiger partial charge in [0.15, 0.2) is 0 Å². The molecule has 0 spiro atoms. The second-order valence-corrected chi connectivity index (χ2v) is 4.05. The van der Waals surface area contributed by atoms with Gasteiger partial charge in [-0.05, 0) is 19.4 Å². The SMILES string of the molecule is CCNC(CC)(CC)c1nccs1. The first-order valence-electron chi connectivity index (χ1n) is 4.94. The predicted molar refractivity (Wildman–Crippen MR) is 58.1 cm³/mol. The molecule has 0 saturated carbocycles. The lowest BCUT2D eigenvalue weighted by Gasteiger charge is -2.30. The third-order valence-corrected chi connectivity index (χ3v) is 3.54. The highest BCUT2D eigenvalue weighted by molar-refractivity contribution is 7.09. The van der Waals surface area contributed by atoms with Crippen molar-refractivity contribution in [2.45, 2.75) is 39.2 Å². The molecule has 0 atom stereocenters. The molecule has 1 rings (SSSR count). The maximum atomic E-state index is 4.41. The topological polar surface area (TPSA) is 24.9 Å². The molecule has 1 N–H and O–H groups in total. The van der Waals surface area contributed by atoms with E-state index < -0.39 is 0 Å². The van der Waals surface area contributed by atoms with Crippen molar-refractivity contribution in [2.24, 2.45) is 0 Å². The van der Waals surface area contributed by atoms with E-state index >= 15 is 0 Å². The van der Waals surface area contributed by atoms with Gasteiger partial charge in [0.25, 0.3) is 0 Å². The van der Waals surface area contributed by atoms with E-state index in [1.54, 1.807) is 11.3 Å². The molecule has 0 fully saturated rings. The monoisotopic (exact) mass is 198 g/mol. The summed E-state index contributed by atoms with van der Waals surface area (Å²) in [5.74, 6) is 0. The van der Waals surface area contributed by atoms with Crippen LogP contribution in [-0.2, 0) is 5.54 Å². The number of rotatable bonds is 5. The van der Waals surface area contributed by atoms with Gasteiger partial charge in [0.2, 0.25) is 0 Å². The highest BCUT2D eigenvalue weighted by Crippen LogP contribution is 2.29. The Bertz CT molecular complexity index is 227. The minimum Gasteiger partial charge on any atom is -0.306 e. The number of thiazole rings is 1. The van der Waals surface area contributed by atoms with Crippen molar-refractivity contribution in [3.63, 3.8) is 0 Å². The molecular weight excluding hydrogens is 180 g/mol. The van der Waals surface area contributed by atoms with Crippen LogP contribution in [-0.4, -0.2) is 11.5 Å². The first-order chi connectivity index (χ1) is 6.29. The maximum Gasteiger partial charge on any atom is 0.113 e. The first kappa shape index (κ1) is 10.7. The highest BCUT2D eigenvalue weighted by Gasteiger charge is 2.29. The predicted octanol–water partition coefficient (Wildman–Crippen LogP) is 2.77. The Morgan fingerprint density at radius 3 is 2.46 bits per heavy atom. The Balaban J connectivity index is 2.89. The van der Waals surface area contributed by atoms with Gasteiger partial charge in [-0.2, -0.15) is 0 Å². The molecule has 1 aromatic heterocycles. The van der Waals surface area contributed by atoms with E-state index in [9.17, 15) is 0 Å². The van der Waals surface area contributed by atoms with Gasteiger partial charge in [-0.25, -0.2) is 4.98 Å². The standard InChI is InChI=1S/C10H18N2S/c1-4-10(5-2,12-6-3)9-11-7-8-13-9/h7-8,12H,4-6H2,1-3H3. The van der Waals surface area contributed by atoms with Crippen LogP contribution in [0.4, 0.5) is 0 Å². The summed E-state index contributed by atoms with van der Waals surface area (Å²) in [6, 6.07) is 0. The molecule has 1 aromatic rings. The lowest BCUT2D eigenvalue weighted by molar-refractivity contribution is 0.314. The van der Waals surface area contributed by atoms with Crippen LogP contribution in [0.2, 0.25) is 0 Å². The molecular formula is C10H18N2S. The third kappa shape index (κ3) is 2.09. The summed E-state index contributed by atoms with van der Waals surface area (Å²) >= 11 is 1.75. The summed E-state index contributed by atoms with van der Waals surface area (Å²) < 4.78 is 0. The molecule has 74 valence electrons.